The van der Waals surface area contributed by atoms with Gasteiger partial charge in [0, 0.05) is 38.2 Å². The lowest BCUT2D eigenvalue weighted by Gasteiger charge is -2.24. The third-order valence-electron chi connectivity index (χ3n) is 8.29. The second-order valence-corrected chi connectivity index (χ2v) is 12.1. The third-order valence-corrected chi connectivity index (χ3v) is 8.29. The number of nitrogens with two attached hydrogens (primary N) is 1. The molecule has 4 rings (SSSR count). The summed E-state index contributed by atoms with van der Waals surface area (Å²) < 4.78 is 128. The highest BCUT2D eigenvalue weighted by atomic mass is 19.4. The van der Waals surface area contributed by atoms with Crippen LogP contribution in [0.3, 0.4) is 0 Å². The van der Waals surface area contributed by atoms with Crippen LogP contribution in [-0.4, -0.2) is 85.4 Å². The van der Waals surface area contributed by atoms with Gasteiger partial charge in [-0.3, -0.25) is 4.39 Å². The molecule has 0 aliphatic heterocycles. The van der Waals surface area contributed by atoms with E-state index >= 15 is 4.39 Å². The summed E-state index contributed by atoms with van der Waals surface area (Å²) in [6, 6.07) is 0.0951. The third kappa shape index (κ3) is 8.76. The lowest BCUT2D eigenvalue weighted by molar-refractivity contribution is -0.137. The number of nitrogens with one attached hydrogen (secondary N) is 2. The van der Waals surface area contributed by atoms with Crippen molar-refractivity contribution in [1.82, 2.24) is 25.2 Å². The van der Waals surface area contributed by atoms with Crippen molar-refractivity contribution in [2.75, 3.05) is 64.6 Å². The smallest absolute Gasteiger partial charge is 0.417 e. The van der Waals surface area contributed by atoms with E-state index in [9.17, 15) is 30.7 Å². The van der Waals surface area contributed by atoms with Crippen molar-refractivity contribution >= 4 is 22.4 Å². The van der Waals surface area contributed by atoms with Gasteiger partial charge in [0.1, 0.15) is 34.8 Å². The monoisotopic (exact) mass is 723 g/mol. The highest BCUT2D eigenvalue weighted by Gasteiger charge is 2.71. The minimum Gasteiger partial charge on any atom is -0.474 e. The van der Waals surface area contributed by atoms with E-state index < -0.39 is 94.6 Å². The van der Waals surface area contributed by atoms with Crippen LogP contribution in [-0.2, 0) is 6.18 Å². The molecule has 2 atom stereocenters. The summed E-state index contributed by atoms with van der Waals surface area (Å²) in [5, 5.41) is 5.74. The average Bonchev–Trinajstić information content (AvgIpc) is 3.61. The molecule has 1 saturated carbocycles. The van der Waals surface area contributed by atoms with Crippen molar-refractivity contribution in [2.45, 2.75) is 72.1 Å². The Hall–Kier alpha value is -3.73. The molecule has 2 unspecified atom stereocenters. The Bertz CT molecular complexity index is 1630. The fraction of sp³-hybridized carbons (Fsp3) is 0.606. The van der Waals surface area contributed by atoms with Gasteiger partial charge in [0.15, 0.2) is 5.82 Å². The zero-order chi connectivity index (χ0) is 37.6. The number of fused-ring (bicyclic) bond motifs is 1. The van der Waals surface area contributed by atoms with E-state index in [1.54, 1.807) is 32.8 Å². The predicted octanol–water partition coefficient (Wildman–Crippen LogP) is 7.41. The van der Waals surface area contributed by atoms with Gasteiger partial charge < -0.3 is 30.7 Å². The van der Waals surface area contributed by atoms with Crippen LogP contribution < -0.4 is 25.8 Å². The van der Waals surface area contributed by atoms with Gasteiger partial charge in [-0.2, -0.15) is 23.1 Å². The number of nitrogens with zero attached hydrogens (tertiary/aromatic N) is 4. The summed E-state index contributed by atoms with van der Waals surface area (Å²) in [7, 11) is 3.25. The van der Waals surface area contributed by atoms with Crippen molar-refractivity contribution in [3.05, 3.63) is 28.8 Å². The molecule has 0 bridgehead atoms. The normalized spacial score (nSPS) is 17.4. The molecule has 17 heteroatoms. The molecule has 3 aromatic rings. The maximum atomic E-state index is 16.6. The number of nitrogen functional groups attached to an aromatic ring is 1. The standard InChI is InChI=1S/C31H39F8N7O2.C2H6/c1-6-16(2)48-27-20-25(23(34)24(43-27)18-12-19(40)22(33)17(3)21(18)31(37,38)39)44-28(45-26(20)42-10-9-41-4)47-15-29(13-30(29,35)36)14-46(5)11-7-8-32;1-2/h12,16,41H,6-11,13-15,40H2,1-5H3,(H,42,44,45);1-2H3. The average molecular weight is 724 g/mol. The summed E-state index contributed by atoms with van der Waals surface area (Å²) >= 11 is 0. The van der Waals surface area contributed by atoms with Gasteiger partial charge in [-0.1, -0.05) is 20.8 Å². The van der Waals surface area contributed by atoms with Crippen LogP contribution in [0.5, 0.6) is 11.9 Å². The van der Waals surface area contributed by atoms with Crippen LogP contribution in [0.2, 0.25) is 0 Å². The SMILES string of the molecule is CC.CCC(C)Oc1nc(-c2cc(N)c(F)c(C)c2C(F)(F)F)c(F)c2nc(OCC3(CN(C)CCCF)CC3(F)F)nc(NCCNC)c12. The minimum atomic E-state index is -5.14. The first-order valence-electron chi connectivity index (χ1n) is 16.4. The quantitative estimate of drug-likeness (QED) is 0.0791. The number of hydrogen-bond acceptors (Lipinski definition) is 9. The van der Waals surface area contributed by atoms with E-state index in [0.717, 1.165) is 6.92 Å². The van der Waals surface area contributed by atoms with Crippen LogP contribution in [0, 0.1) is 24.0 Å². The van der Waals surface area contributed by atoms with Gasteiger partial charge in [0.05, 0.1) is 29.4 Å². The Labute approximate surface area is 286 Å². The van der Waals surface area contributed by atoms with Crippen LogP contribution >= 0.6 is 0 Å². The van der Waals surface area contributed by atoms with Crippen molar-refractivity contribution < 1.29 is 44.6 Å². The van der Waals surface area contributed by atoms with Gasteiger partial charge >= 0.3 is 12.2 Å². The first-order chi connectivity index (χ1) is 23.5. The Kier molecular flexibility index (Phi) is 13.5. The molecule has 4 N–H and O–H groups in total. The lowest BCUT2D eigenvalue weighted by Crippen LogP contribution is -2.35. The molecule has 2 heterocycles. The summed E-state index contributed by atoms with van der Waals surface area (Å²) in [6.45, 7) is 7.78. The molecule has 50 heavy (non-hydrogen) atoms. The topological polar surface area (TPSA) is 110 Å². The zero-order valence-corrected chi connectivity index (χ0v) is 29.2. The number of halogens is 8. The highest BCUT2D eigenvalue weighted by molar-refractivity contribution is 5.96. The number of ether oxygens (including phenoxy) is 2. The first-order valence-corrected chi connectivity index (χ1v) is 16.4. The fourth-order valence-corrected chi connectivity index (χ4v) is 5.41. The molecule has 2 aromatic heterocycles. The van der Waals surface area contributed by atoms with Crippen LogP contribution in [0.25, 0.3) is 22.2 Å². The molecule has 9 nitrogen and oxygen atoms in total. The molecule has 0 spiro atoms. The Morgan fingerprint density at radius 3 is 2.32 bits per heavy atom. The highest BCUT2D eigenvalue weighted by Crippen LogP contribution is 2.61. The number of hydrogen-bond donors (Lipinski definition) is 3. The maximum absolute atomic E-state index is 16.6. The number of likely N-dealkylation sites (N-methyl/N-ethyl adjacent to an activating group) is 1. The summed E-state index contributed by atoms with van der Waals surface area (Å²) in [5.74, 6) is -6.21. The molecule has 280 valence electrons. The molecule has 0 radical (unpaired) electrons. The molecule has 1 aliphatic carbocycles. The second-order valence-electron chi connectivity index (χ2n) is 12.1. The lowest BCUT2D eigenvalue weighted by atomic mass is 9.96. The Balaban J connectivity index is 0.00000332. The van der Waals surface area contributed by atoms with Gasteiger partial charge in [-0.05, 0) is 52.4 Å². The van der Waals surface area contributed by atoms with Crippen LogP contribution in [0.15, 0.2) is 6.07 Å². The van der Waals surface area contributed by atoms with Gasteiger partial charge in [0.2, 0.25) is 5.88 Å². The van der Waals surface area contributed by atoms with E-state index in [4.69, 9.17) is 15.2 Å². The molecule has 0 amide bonds. The maximum Gasteiger partial charge on any atom is 0.417 e. The number of benzene rings is 1. The van der Waals surface area contributed by atoms with E-state index in [2.05, 4.69) is 25.6 Å². The van der Waals surface area contributed by atoms with E-state index in [-0.39, 0.29) is 43.1 Å². The second kappa shape index (κ2) is 16.5. The number of pyridine rings is 1. The largest absolute Gasteiger partial charge is 0.474 e. The first kappa shape index (κ1) is 40.7. The fourth-order valence-electron chi connectivity index (χ4n) is 5.41. The Morgan fingerprint density at radius 1 is 1.10 bits per heavy atom. The van der Waals surface area contributed by atoms with Crippen LogP contribution in [0.1, 0.15) is 58.1 Å². The van der Waals surface area contributed by atoms with Gasteiger partial charge in [-0.15, -0.1) is 0 Å². The van der Waals surface area contributed by atoms with E-state index in [0.29, 0.717) is 19.0 Å². The van der Waals surface area contributed by atoms with Gasteiger partial charge in [-0.25, -0.2) is 22.5 Å². The number of anilines is 2. The molecule has 1 aromatic carbocycles. The Morgan fingerprint density at radius 2 is 1.76 bits per heavy atom. The molecule has 0 saturated heterocycles. The zero-order valence-electron chi connectivity index (χ0n) is 29.2. The van der Waals surface area contributed by atoms with Crippen molar-refractivity contribution in [3.8, 4) is 23.1 Å². The van der Waals surface area contributed by atoms with Crippen molar-refractivity contribution in [2.24, 2.45) is 5.41 Å². The van der Waals surface area contributed by atoms with Gasteiger partial charge in [0.25, 0.3) is 5.92 Å². The van der Waals surface area contributed by atoms with Crippen molar-refractivity contribution in [3.63, 3.8) is 0 Å². The summed E-state index contributed by atoms with van der Waals surface area (Å²) in [5.41, 5.74) is -1.32. The molecular weight excluding hydrogens is 678 g/mol. The number of rotatable bonds is 16. The van der Waals surface area contributed by atoms with E-state index in [1.807, 2.05) is 13.8 Å². The van der Waals surface area contributed by atoms with Crippen molar-refractivity contribution in [1.29, 1.82) is 0 Å². The molecular formula is C33H45F8N7O2. The summed E-state index contributed by atoms with van der Waals surface area (Å²) in [4.78, 5) is 14.1. The van der Waals surface area contributed by atoms with Crippen LogP contribution in [0.4, 0.5) is 46.6 Å². The molecule has 1 aliphatic rings. The number of aromatic nitrogens is 3. The minimum absolute atomic E-state index is 0.0796. The van der Waals surface area contributed by atoms with E-state index in [1.165, 1.54) is 0 Å². The predicted molar refractivity (Wildman–Crippen MR) is 177 cm³/mol. The summed E-state index contributed by atoms with van der Waals surface area (Å²) in [6.07, 6.45) is -5.65. The number of alkyl halides is 6. The molecule has 1 fully saturated rings.